The summed E-state index contributed by atoms with van der Waals surface area (Å²) in [6, 6.07) is 5.13. The van der Waals surface area contributed by atoms with E-state index in [4.69, 9.17) is 26.4 Å². The van der Waals surface area contributed by atoms with Crippen molar-refractivity contribution in [2.45, 2.75) is 13.0 Å². The normalized spacial score (nSPS) is 19.9. The third-order valence-corrected chi connectivity index (χ3v) is 3.62. The largest absolute Gasteiger partial charge is 0.466 e. The van der Waals surface area contributed by atoms with Crippen LogP contribution >= 0.6 is 12.2 Å². The van der Waals surface area contributed by atoms with Crippen molar-refractivity contribution in [3.8, 4) is 11.5 Å². The molecule has 0 saturated carbocycles. The molecule has 2 aliphatic rings. The molecule has 0 aromatic heterocycles. The second-order valence-electron chi connectivity index (χ2n) is 4.67. The Morgan fingerprint density at radius 2 is 2.14 bits per heavy atom. The van der Waals surface area contributed by atoms with E-state index in [9.17, 15) is 4.79 Å². The van der Waals surface area contributed by atoms with E-state index in [1.54, 1.807) is 6.92 Å². The number of hydrogen-bond donors (Lipinski definition) is 2. The average Bonchev–Trinajstić information content (AvgIpc) is 2.93. The summed E-state index contributed by atoms with van der Waals surface area (Å²) in [5, 5.41) is 6.49. The Bertz CT molecular complexity index is 656. The van der Waals surface area contributed by atoms with Gasteiger partial charge in [-0.2, -0.15) is 0 Å². The predicted molar refractivity (Wildman–Crippen MR) is 78.9 cm³/mol. The van der Waals surface area contributed by atoms with E-state index in [2.05, 4.69) is 10.6 Å². The number of hydrogen-bond acceptors (Lipinski definition) is 5. The topological polar surface area (TPSA) is 68.8 Å². The van der Waals surface area contributed by atoms with Crippen LogP contribution in [0.4, 0.5) is 0 Å². The maximum Gasteiger partial charge on any atom is 0.337 e. The first-order valence-corrected chi connectivity index (χ1v) is 6.77. The number of benzene rings is 1. The summed E-state index contributed by atoms with van der Waals surface area (Å²) in [6.45, 7) is 1.99. The zero-order valence-corrected chi connectivity index (χ0v) is 12.4. The van der Waals surface area contributed by atoms with E-state index >= 15 is 0 Å². The fourth-order valence-electron chi connectivity index (χ4n) is 2.42. The molecule has 1 atom stereocenters. The smallest absolute Gasteiger partial charge is 0.337 e. The van der Waals surface area contributed by atoms with E-state index in [-0.39, 0.29) is 12.8 Å². The Balaban J connectivity index is 2.04. The Morgan fingerprint density at radius 3 is 2.90 bits per heavy atom. The maximum absolute atomic E-state index is 12.0. The van der Waals surface area contributed by atoms with Crippen molar-refractivity contribution in [3.05, 3.63) is 35.0 Å². The van der Waals surface area contributed by atoms with Gasteiger partial charge in [-0.05, 0) is 36.8 Å². The first kappa shape index (κ1) is 13.7. The van der Waals surface area contributed by atoms with Gasteiger partial charge in [0.25, 0.3) is 0 Å². The van der Waals surface area contributed by atoms with Gasteiger partial charge in [0.05, 0.1) is 18.7 Å². The van der Waals surface area contributed by atoms with E-state index in [1.807, 2.05) is 18.2 Å². The van der Waals surface area contributed by atoms with Gasteiger partial charge >= 0.3 is 5.97 Å². The second kappa shape index (κ2) is 5.25. The lowest BCUT2D eigenvalue weighted by molar-refractivity contribution is -0.136. The van der Waals surface area contributed by atoms with Crippen molar-refractivity contribution in [1.82, 2.24) is 10.6 Å². The van der Waals surface area contributed by atoms with Crippen molar-refractivity contribution in [1.29, 1.82) is 0 Å². The fourth-order valence-corrected chi connectivity index (χ4v) is 2.69. The van der Waals surface area contributed by atoms with Crippen LogP contribution in [0.2, 0.25) is 0 Å². The van der Waals surface area contributed by atoms with Crippen LogP contribution in [0, 0.1) is 0 Å². The molecule has 0 bridgehead atoms. The summed E-state index contributed by atoms with van der Waals surface area (Å²) in [4.78, 5) is 12.0. The minimum absolute atomic E-state index is 0.204. The lowest BCUT2D eigenvalue weighted by Crippen LogP contribution is -2.45. The van der Waals surface area contributed by atoms with Gasteiger partial charge in [-0.15, -0.1) is 0 Å². The molecule has 1 aromatic rings. The Morgan fingerprint density at radius 1 is 1.38 bits per heavy atom. The number of rotatable bonds is 2. The summed E-state index contributed by atoms with van der Waals surface area (Å²) in [5.41, 5.74) is 2.01. The number of carbonyl (C=O) groups is 1. The summed E-state index contributed by atoms with van der Waals surface area (Å²) in [7, 11) is 1.35. The van der Waals surface area contributed by atoms with Crippen LogP contribution in [0.5, 0.6) is 11.5 Å². The quantitative estimate of drug-likeness (QED) is 0.632. The van der Waals surface area contributed by atoms with Crippen molar-refractivity contribution >= 4 is 23.3 Å². The van der Waals surface area contributed by atoms with Crippen LogP contribution in [0.15, 0.2) is 29.5 Å². The van der Waals surface area contributed by atoms with Crippen LogP contribution in [-0.2, 0) is 9.53 Å². The summed E-state index contributed by atoms with van der Waals surface area (Å²) < 4.78 is 15.5. The number of ether oxygens (including phenoxy) is 3. The van der Waals surface area contributed by atoms with Gasteiger partial charge in [-0.25, -0.2) is 4.79 Å². The van der Waals surface area contributed by atoms with Crippen LogP contribution in [0.3, 0.4) is 0 Å². The number of fused-ring (bicyclic) bond motifs is 1. The molecule has 0 amide bonds. The molecule has 2 aliphatic heterocycles. The van der Waals surface area contributed by atoms with Crippen LogP contribution in [0.1, 0.15) is 18.5 Å². The molecular weight excluding hydrogens is 292 g/mol. The zero-order chi connectivity index (χ0) is 15.0. The van der Waals surface area contributed by atoms with Gasteiger partial charge in [0.15, 0.2) is 16.6 Å². The third kappa shape index (κ3) is 2.40. The molecule has 0 saturated heterocycles. The summed E-state index contributed by atoms with van der Waals surface area (Å²) in [5.74, 6) is 0.939. The molecule has 21 heavy (non-hydrogen) atoms. The highest BCUT2D eigenvalue weighted by Crippen LogP contribution is 2.36. The van der Waals surface area contributed by atoms with E-state index in [0.717, 1.165) is 5.56 Å². The van der Waals surface area contributed by atoms with Gasteiger partial charge in [0.1, 0.15) is 0 Å². The van der Waals surface area contributed by atoms with Crippen molar-refractivity contribution in [2.75, 3.05) is 13.9 Å². The molecule has 0 aliphatic carbocycles. The van der Waals surface area contributed by atoms with Gasteiger partial charge < -0.3 is 24.8 Å². The number of nitrogens with one attached hydrogen (secondary N) is 2. The van der Waals surface area contributed by atoms with E-state index in [1.165, 1.54) is 7.11 Å². The molecule has 0 fully saturated rings. The van der Waals surface area contributed by atoms with E-state index < -0.39 is 5.97 Å². The Hall–Kier alpha value is -2.28. The van der Waals surface area contributed by atoms with Gasteiger partial charge in [-0.1, -0.05) is 6.07 Å². The lowest BCUT2D eigenvalue weighted by Gasteiger charge is -2.29. The molecule has 0 radical (unpaired) electrons. The van der Waals surface area contributed by atoms with Crippen molar-refractivity contribution in [3.63, 3.8) is 0 Å². The zero-order valence-electron chi connectivity index (χ0n) is 11.6. The molecule has 0 spiro atoms. The molecule has 7 heteroatoms. The minimum atomic E-state index is -0.405. The fraction of sp³-hybridized carbons (Fsp3) is 0.286. The monoisotopic (exact) mass is 306 g/mol. The molecule has 6 nitrogen and oxygen atoms in total. The summed E-state index contributed by atoms with van der Waals surface area (Å²) in [6.07, 6.45) is 0. The molecule has 3 rings (SSSR count). The van der Waals surface area contributed by atoms with Crippen LogP contribution < -0.4 is 20.1 Å². The highest BCUT2D eigenvalue weighted by molar-refractivity contribution is 7.80. The third-order valence-electron chi connectivity index (χ3n) is 3.40. The number of esters is 1. The molecule has 2 heterocycles. The van der Waals surface area contributed by atoms with Crippen molar-refractivity contribution < 1.29 is 19.0 Å². The Kier molecular flexibility index (Phi) is 3.42. The Labute approximate surface area is 127 Å². The molecule has 0 unspecified atom stereocenters. The number of carbonyl (C=O) groups excluding carboxylic acids is 1. The minimum Gasteiger partial charge on any atom is -0.466 e. The second-order valence-corrected chi connectivity index (χ2v) is 5.08. The van der Waals surface area contributed by atoms with Crippen molar-refractivity contribution in [2.24, 2.45) is 0 Å². The lowest BCUT2D eigenvalue weighted by atomic mass is 9.95. The number of thiocarbonyl (C=S) groups is 1. The number of allylic oxidation sites excluding steroid dienone is 1. The molecule has 1 aromatic carbocycles. The molecule has 2 N–H and O–H groups in total. The molecular formula is C14H14N2O4S. The maximum atomic E-state index is 12.0. The summed E-state index contributed by atoms with van der Waals surface area (Å²) >= 11 is 5.17. The highest BCUT2D eigenvalue weighted by Gasteiger charge is 2.31. The SMILES string of the molecule is COC(=O)C1=C(C)NC(=S)N[C@H]1c1ccc2c(c1)OCO2. The highest BCUT2D eigenvalue weighted by atomic mass is 32.1. The molecule has 110 valence electrons. The van der Waals surface area contributed by atoms with Gasteiger partial charge in [0, 0.05) is 5.70 Å². The van der Waals surface area contributed by atoms with E-state index in [0.29, 0.717) is 27.9 Å². The average molecular weight is 306 g/mol. The first-order valence-electron chi connectivity index (χ1n) is 6.36. The van der Waals surface area contributed by atoms with Crippen LogP contribution in [0.25, 0.3) is 0 Å². The number of methoxy groups -OCH3 is 1. The van der Waals surface area contributed by atoms with Crippen LogP contribution in [-0.4, -0.2) is 25.0 Å². The first-order chi connectivity index (χ1) is 10.1. The standard InChI is InChI=1S/C14H14N2O4S/c1-7-11(13(17)18-2)12(16-14(21)15-7)8-3-4-9-10(5-8)20-6-19-9/h3-5,12H,6H2,1-2H3,(H2,15,16,21)/t12-/m0/s1. The van der Waals surface area contributed by atoms with Gasteiger partial charge in [-0.3, -0.25) is 0 Å². The van der Waals surface area contributed by atoms with Gasteiger partial charge in [0.2, 0.25) is 6.79 Å². The predicted octanol–water partition coefficient (Wildman–Crippen LogP) is 1.38.